The van der Waals surface area contributed by atoms with Gasteiger partial charge in [0.15, 0.2) is 11.6 Å². The summed E-state index contributed by atoms with van der Waals surface area (Å²) >= 11 is 0. The number of methoxy groups -OCH3 is 1. The molecule has 0 N–H and O–H groups in total. The minimum atomic E-state index is -0.231. The van der Waals surface area contributed by atoms with E-state index in [0.29, 0.717) is 33.7 Å². The Morgan fingerprint density at radius 3 is 2.08 bits per heavy atom. The standard InChI is InChI=1S/C20H17NO4/c1-12(22)15-6-9-18-17(13(2)23)10-19(21(18)11-15)20(24)14-4-7-16(25-3)8-5-14/h4-11H,1-3H3. The van der Waals surface area contributed by atoms with Gasteiger partial charge in [0.2, 0.25) is 5.78 Å². The zero-order valence-electron chi connectivity index (χ0n) is 14.2. The average molecular weight is 335 g/mol. The lowest BCUT2D eigenvalue weighted by Gasteiger charge is -2.05. The highest BCUT2D eigenvalue weighted by Gasteiger charge is 2.19. The highest BCUT2D eigenvalue weighted by atomic mass is 16.5. The van der Waals surface area contributed by atoms with Crippen molar-refractivity contribution < 1.29 is 19.1 Å². The van der Waals surface area contributed by atoms with Crippen LogP contribution < -0.4 is 4.74 Å². The number of hydrogen-bond donors (Lipinski definition) is 0. The summed E-state index contributed by atoms with van der Waals surface area (Å²) in [5.41, 5.74) is 2.35. The molecule has 25 heavy (non-hydrogen) atoms. The SMILES string of the molecule is COc1ccc(C(=O)c2cc(C(C)=O)c3ccc(C(C)=O)cn23)cc1. The molecule has 0 fully saturated rings. The maximum Gasteiger partial charge on any atom is 0.209 e. The van der Waals surface area contributed by atoms with Gasteiger partial charge < -0.3 is 9.14 Å². The maximum atomic E-state index is 12.9. The maximum absolute atomic E-state index is 12.9. The Morgan fingerprint density at radius 2 is 1.52 bits per heavy atom. The van der Waals surface area contributed by atoms with E-state index in [9.17, 15) is 14.4 Å². The second-order valence-corrected chi connectivity index (χ2v) is 5.79. The Kier molecular flexibility index (Phi) is 4.23. The second-order valence-electron chi connectivity index (χ2n) is 5.79. The van der Waals surface area contributed by atoms with E-state index in [-0.39, 0.29) is 17.3 Å². The quantitative estimate of drug-likeness (QED) is 0.669. The van der Waals surface area contributed by atoms with Crippen LogP contribution in [0.25, 0.3) is 5.52 Å². The number of hydrogen-bond acceptors (Lipinski definition) is 4. The first-order valence-electron chi connectivity index (χ1n) is 7.78. The third kappa shape index (κ3) is 2.96. The number of carbonyl (C=O) groups is 3. The number of ether oxygens (including phenoxy) is 1. The van der Waals surface area contributed by atoms with Crippen LogP contribution in [0, 0.1) is 0 Å². The fraction of sp³-hybridized carbons (Fsp3) is 0.150. The molecule has 2 heterocycles. The molecule has 0 saturated carbocycles. The fourth-order valence-corrected chi connectivity index (χ4v) is 2.76. The van der Waals surface area contributed by atoms with Crippen molar-refractivity contribution in [2.24, 2.45) is 0 Å². The Balaban J connectivity index is 2.19. The van der Waals surface area contributed by atoms with Gasteiger partial charge in [0.05, 0.1) is 18.3 Å². The molecular formula is C20H17NO4. The molecule has 3 rings (SSSR count). The summed E-state index contributed by atoms with van der Waals surface area (Å²) in [5, 5.41) is 0. The second kappa shape index (κ2) is 6.36. The molecule has 0 aliphatic carbocycles. The van der Waals surface area contributed by atoms with Crippen molar-refractivity contribution in [2.75, 3.05) is 7.11 Å². The van der Waals surface area contributed by atoms with Crippen LogP contribution in [-0.4, -0.2) is 28.9 Å². The first-order valence-corrected chi connectivity index (χ1v) is 7.78. The Morgan fingerprint density at radius 1 is 0.880 bits per heavy atom. The van der Waals surface area contributed by atoms with Crippen molar-refractivity contribution in [2.45, 2.75) is 13.8 Å². The molecule has 0 spiro atoms. The third-order valence-electron chi connectivity index (χ3n) is 4.14. The van der Waals surface area contributed by atoms with Gasteiger partial charge in [-0.2, -0.15) is 0 Å². The van der Waals surface area contributed by atoms with Gasteiger partial charge in [-0.1, -0.05) is 0 Å². The van der Waals surface area contributed by atoms with Gasteiger partial charge >= 0.3 is 0 Å². The predicted molar refractivity (Wildman–Crippen MR) is 93.8 cm³/mol. The molecule has 0 amide bonds. The van der Waals surface area contributed by atoms with Gasteiger partial charge in [0, 0.05) is 22.9 Å². The van der Waals surface area contributed by atoms with Crippen LogP contribution in [0.2, 0.25) is 0 Å². The first kappa shape index (κ1) is 16.6. The third-order valence-corrected chi connectivity index (χ3v) is 4.14. The van der Waals surface area contributed by atoms with E-state index in [0.717, 1.165) is 0 Å². The molecule has 0 unspecified atom stereocenters. The minimum Gasteiger partial charge on any atom is -0.497 e. The summed E-state index contributed by atoms with van der Waals surface area (Å²) in [7, 11) is 1.56. The molecule has 0 saturated heterocycles. The van der Waals surface area contributed by atoms with Crippen LogP contribution in [0.3, 0.4) is 0 Å². The van der Waals surface area contributed by atoms with Gasteiger partial charge in [-0.05, 0) is 56.3 Å². The lowest BCUT2D eigenvalue weighted by Crippen LogP contribution is -2.06. The monoisotopic (exact) mass is 335 g/mol. The zero-order valence-corrected chi connectivity index (χ0v) is 14.2. The van der Waals surface area contributed by atoms with Gasteiger partial charge in [-0.3, -0.25) is 14.4 Å². The van der Waals surface area contributed by atoms with Crippen molar-refractivity contribution in [3.8, 4) is 5.75 Å². The Hall–Kier alpha value is -3.21. The number of nitrogens with zero attached hydrogens (tertiary/aromatic N) is 1. The van der Waals surface area contributed by atoms with Crippen molar-refractivity contribution in [3.63, 3.8) is 0 Å². The Labute approximate surface area is 144 Å². The summed E-state index contributed by atoms with van der Waals surface area (Å²) in [4.78, 5) is 36.5. The molecule has 0 bridgehead atoms. The van der Waals surface area contributed by atoms with E-state index in [4.69, 9.17) is 4.74 Å². The topological polar surface area (TPSA) is 64.9 Å². The number of benzene rings is 1. The number of rotatable bonds is 5. The normalized spacial score (nSPS) is 10.7. The molecule has 0 radical (unpaired) electrons. The number of aromatic nitrogens is 1. The average Bonchev–Trinajstić information content (AvgIpc) is 3.00. The smallest absolute Gasteiger partial charge is 0.209 e. The summed E-state index contributed by atoms with van der Waals surface area (Å²) in [5.74, 6) is 0.176. The van der Waals surface area contributed by atoms with E-state index in [2.05, 4.69) is 0 Å². The molecule has 126 valence electrons. The molecule has 5 nitrogen and oxygen atoms in total. The fourth-order valence-electron chi connectivity index (χ4n) is 2.76. The van der Waals surface area contributed by atoms with Crippen molar-refractivity contribution in [3.05, 3.63) is 71.0 Å². The summed E-state index contributed by atoms with van der Waals surface area (Å²) in [6, 6.07) is 11.7. The summed E-state index contributed by atoms with van der Waals surface area (Å²) in [6.45, 7) is 2.91. The van der Waals surface area contributed by atoms with Crippen LogP contribution in [0.4, 0.5) is 0 Å². The van der Waals surface area contributed by atoms with Crippen molar-refractivity contribution >= 4 is 22.9 Å². The zero-order chi connectivity index (χ0) is 18.1. The highest BCUT2D eigenvalue weighted by Crippen LogP contribution is 2.22. The predicted octanol–water partition coefficient (Wildman–Crippen LogP) is 3.58. The minimum absolute atomic E-state index is 0.108. The summed E-state index contributed by atoms with van der Waals surface area (Å²) in [6.07, 6.45) is 1.60. The van der Waals surface area contributed by atoms with Crippen molar-refractivity contribution in [1.82, 2.24) is 4.40 Å². The summed E-state index contributed by atoms with van der Waals surface area (Å²) < 4.78 is 6.72. The van der Waals surface area contributed by atoms with Crippen LogP contribution >= 0.6 is 0 Å². The number of carbonyl (C=O) groups excluding carboxylic acids is 3. The van der Waals surface area contributed by atoms with E-state index in [1.54, 1.807) is 60.2 Å². The highest BCUT2D eigenvalue weighted by molar-refractivity contribution is 6.12. The van der Waals surface area contributed by atoms with Crippen LogP contribution in [0.5, 0.6) is 5.75 Å². The van der Waals surface area contributed by atoms with Crippen LogP contribution in [0.1, 0.15) is 50.6 Å². The number of fused-ring (bicyclic) bond motifs is 1. The van der Waals surface area contributed by atoms with Gasteiger partial charge in [0.25, 0.3) is 0 Å². The van der Waals surface area contributed by atoms with Gasteiger partial charge in [0.1, 0.15) is 5.75 Å². The number of Topliss-reactive ketones (excluding diaryl/α,β-unsaturated/α-hetero) is 2. The van der Waals surface area contributed by atoms with Gasteiger partial charge in [-0.25, -0.2) is 0 Å². The molecule has 2 aromatic heterocycles. The largest absolute Gasteiger partial charge is 0.497 e. The lowest BCUT2D eigenvalue weighted by atomic mass is 10.1. The Bertz CT molecular complexity index is 996. The first-order chi connectivity index (χ1) is 11.9. The van der Waals surface area contributed by atoms with Crippen molar-refractivity contribution in [1.29, 1.82) is 0 Å². The van der Waals surface area contributed by atoms with Gasteiger partial charge in [-0.15, -0.1) is 0 Å². The van der Waals surface area contributed by atoms with E-state index < -0.39 is 0 Å². The molecular weight excluding hydrogens is 318 g/mol. The molecule has 3 aromatic rings. The van der Waals surface area contributed by atoms with E-state index >= 15 is 0 Å². The van der Waals surface area contributed by atoms with E-state index in [1.807, 2.05) is 0 Å². The molecule has 0 atom stereocenters. The molecule has 5 heteroatoms. The molecule has 0 aliphatic rings. The van der Waals surface area contributed by atoms with E-state index in [1.165, 1.54) is 13.8 Å². The molecule has 1 aromatic carbocycles. The number of ketones is 3. The van der Waals surface area contributed by atoms with Crippen LogP contribution in [0.15, 0.2) is 48.7 Å². The van der Waals surface area contributed by atoms with Crippen LogP contribution in [-0.2, 0) is 0 Å². The lowest BCUT2D eigenvalue weighted by molar-refractivity contribution is 0.100. The number of pyridine rings is 1. The molecule has 0 aliphatic heterocycles.